The first kappa shape index (κ1) is 20.1. The van der Waals surface area contributed by atoms with Crippen molar-refractivity contribution >= 4 is 22.3 Å². The maximum absolute atomic E-state index is 12.9. The monoisotopic (exact) mass is 429 g/mol. The number of rotatable bonds is 4. The zero-order valence-electron chi connectivity index (χ0n) is 15.9. The number of aryl methyl sites for hydroxylation is 1. The van der Waals surface area contributed by atoms with Gasteiger partial charge in [0.15, 0.2) is 5.82 Å². The van der Waals surface area contributed by atoms with Crippen molar-refractivity contribution in [1.29, 1.82) is 0 Å². The standard InChI is InChI=1S/C20H14F3N5O3/c1-11-24-10-16(18(29)25-11)26-17-14-4-2-3-5-15(14)19(30)28(27-17)12-6-8-13(9-7-12)31-20(21,22)23/h2-10H,1H3,(H,26,27)(H,24,25,29). The Kier molecular flexibility index (Phi) is 4.93. The molecule has 0 spiro atoms. The second-order valence-electron chi connectivity index (χ2n) is 6.49. The highest BCUT2D eigenvalue weighted by Crippen LogP contribution is 2.25. The van der Waals surface area contributed by atoms with Crippen LogP contribution in [0.2, 0.25) is 0 Å². The summed E-state index contributed by atoms with van der Waals surface area (Å²) in [6, 6.07) is 11.3. The van der Waals surface area contributed by atoms with E-state index in [9.17, 15) is 22.8 Å². The molecule has 4 aromatic rings. The molecule has 0 saturated heterocycles. The number of benzene rings is 2. The summed E-state index contributed by atoms with van der Waals surface area (Å²) in [5.41, 5.74) is -0.585. The van der Waals surface area contributed by atoms with Crippen LogP contribution >= 0.6 is 0 Å². The van der Waals surface area contributed by atoms with Crippen molar-refractivity contribution in [3.63, 3.8) is 0 Å². The molecule has 31 heavy (non-hydrogen) atoms. The minimum atomic E-state index is -4.83. The topological polar surface area (TPSA) is 102 Å². The molecule has 0 atom stereocenters. The maximum Gasteiger partial charge on any atom is 0.573 e. The molecule has 0 radical (unpaired) electrons. The number of aromatic nitrogens is 4. The van der Waals surface area contributed by atoms with Crippen molar-refractivity contribution in [2.45, 2.75) is 13.3 Å². The summed E-state index contributed by atoms with van der Waals surface area (Å²) in [6.45, 7) is 1.63. The third kappa shape index (κ3) is 4.25. The van der Waals surface area contributed by atoms with E-state index in [1.165, 1.54) is 18.3 Å². The summed E-state index contributed by atoms with van der Waals surface area (Å²) in [7, 11) is 0. The number of nitrogens with zero attached hydrogens (tertiary/aromatic N) is 3. The molecule has 2 N–H and O–H groups in total. The van der Waals surface area contributed by atoms with Crippen molar-refractivity contribution in [1.82, 2.24) is 19.7 Å². The van der Waals surface area contributed by atoms with E-state index in [4.69, 9.17) is 0 Å². The van der Waals surface area contributed by atoms with Gasteiger partial charge in [-0.25, -0.2) is 4.98 Å². The fourth-order valence-corrected chi connectivity index (χ4v) is 2.95. The molecule has 0 aliphatic carbocycles. The molecule has 8 nitrogen and oxygen atoms in total. The Bertz CT molecular complexity index is 1380. The summed E-state index contributed by atoms with van der Waals surface area (Å²) >= 11 is 0. The second-order valence-corrected chi connectivity index (χ2v) is 6.49. The van der Waals surface area contributed by atoms with Crippen LogP contribution in [0.5, 0.6) is 5.75 Å². The molecule has 158 valence electrons. The van der Waals surface area contributed by atoms with Gasteiger partial charge in [0.1, 0.15) is 17.3 Å². The largest absolute Gasteiger partial charge is 0.573 e. The molecule has 0 aliphatic rings. The van der Waals surface area contributed by atoms with Crippen LogP contribution in [0.4, 0.5) is 24.7 Å². The smallest absolute Gasteiger partial charge is 0.406 e. The van der Waals surface area contributed by atoms with Crippen LogP contribution < -0.4 is 21.2 Å². The molecular formula is C20H14F3N5O3. The summed E-state index contributed by atoms with van der Waals surface area (Å²) in [5, 5.41) is 7.91. The molecule has 2 heterocycles. The fourth-order valence-electron chi connectivity index (χ4n) is 2.95. The lowest BCUT2D eigenvalue weighted by atomic mass is 10.2. The lowest BCUT2D eigenvalue weighted by molar-refractivity contribution is -0.274. The molecule has 2 aromatic carbocycles. The number of H-pyrrole nitrogens is 1. The average molecular weight is 429 g/mol. The van der Waals surface area contributed by atoms with Crippen LogP contribution in [0.1, 0.15) is 5.82 Å². The van der Waals surface area contributed by atoms with Gasteiger partial charge >= 0.3 is 6.36 Å². The summed E-state index contributed by atoms with van der Waals surface area (Å²) in [6.07, 6.45) is -3.49. The quantitative estimate of drug-likeness (QED) is 0.516. The number of fused-ring (bicyclic) bond motifs is 1. The molecule has 4 rings (SSSR count). The van der Waals surface area contributed by atoms with Crippen LogP contribution in [0.25, 0.3) is 16.5 Å². The van der Waals surface area contributed by atoms with E-state index < -0.39 is 23.2 Å². The molecule has 11 heteroatoms. The maximum atomic E-state index is 12.9. The van der Waals surface area contributed by atoms with Gasteiger partial charge in [0, 0.05) is 5.39 Å². The van der Waals surface area contributed by atoms with Gasteiger partial charge in [0.25, 0.3) is 11.1 Å². The predicted molar refractivity (Wildman–Crippen MR) is 107 cm³/mol. The number of halogens is 3. The Morgan fingerprint density at radius 3 is 2.35 bits per heavy atom. The summed E-state index contributed by atoms with van der Waals surface area (Å²) < 4.78 is 42.0. The zero-order chi connectivity index (χ0) is 22.2. The average Bonchev–Trinajstić information content (AvgIpc) is 2.71. The minimum Gasteiger partial charge on any atom is -0.406 e. The predicted octanol–water partition coefficient (Wildman–Crippen LogP) is 3.42. The van der Waals surface area contributed by atoms with Gasteiger partial charge < -0.3 is 15.0 Å². The number of hydrogen-bond donors (Lipinski definition) is 2. The Morgan fingerprint density at radius 2 is 1.71 bits per heavy atom. The fraction of sp³-hybridized carbons (Fsp3) is 0.100. The van der Waals surface area contributed by atoms with Crippen LogP contribution in [0.15, 0.2) is 64.3 Å². The lowest BCUT2D eigenvalue weighted by Gasteiger charge is -2.13. The molecule has 0 fully saturated rings. The van der Waals surface area contributed by atoms with Crippen molar-refractivity contribution in [3.05, 3.63) is 81.3 Å². The van der Waals surface area contributed by atoms with Crippen molar-refractivity contribution in [3.8, 4) is 11.4 Å². The summed E-state index contributed by atoms with van der Waals surface area (Å²) in [5.74, 6) is 0.196. The Hall–Kier alpha value is -4.15. The zero-order valence-corrected chi connectivity index (χ0v) is 15.9. The Labute approximate surface area is 171 Å². The normalized spacial score (nSPS) is 11.5. The number of nitrogens with one attached hydrogen (secondary N) is 2. The third-order valence-corrected chi connectivity index (χ3v) is 4.30. The van der Waals surface area contributed by atoms with E-state index in [1.54, 1.807) is 31.2 Å². The number of anilines is 2. The highest BCUT2D eigenvalue weighted by Gasteiger charge is 2.31. The third-order valence-electron chi connectivity index (χ3n) is 4.30. The molecule has 0 amide bonds. The minimum absolute atomic E-state index is 0.113. The molecule has 2 aromatic heterocycles. The SMILES string of the molecule is Cc1ncc(Nc2nn(-c3ccc(OC(F)(F)F)cc3)c(=O)c3ccccc23)c(=O)[nH]1. The second kappa shape index (κ2) is 7.59. The highest BCUT2D eigenvalue weighted by molar-refractivity contribution is 5.92. The van der Waals surface area contributed by atoms with Gasteiger partial charge in [-0.05, 0) is 37.3 Å². The van der Waals surface area contributed by atoms with Gasteiger partial charge in [-0.2, -0.15) is 4.68 Å². The Morgan fingerprint density at radius 1 is 1.03 bits per heavy atom. The molecule has 0 saturated carbocycles. The van der Waals surface area contributed by atoms with Crippen molar-refractivity contribution < 1.29 is 17.9 Å². The van der Waals surface area contributed by atoms with Crippen molar-refractivity contribution in [2.24, 2.45) is 0 Å². The van der Waals surface area contributed by atoms with E-state index in [2.05, 4.69) is 25.1 Å². The van der Waals surface area contributed by atoms with Gasteiger partial charge in [0.05, 0.1) is 17.3 Å². The number of alkyl halides is 3. The van der Waals surface area contributed by atoms with Gasteiger partial charge in [-0.3, -0.25) is 9.59 Å². The molecule has 0 aliphatic heterocycles. The van der Waals surface area contributed by atoms with E-state index in [0.717, 1.165) is 16.8 Å². The molecular weight excluding hydrogens is 415 g/mol. The van der Waals surface area contributed by atoms with E-state index >= 15 is 0 Å². The number of hydrogen-bond acceptors (Lipinski definition) is 6. The number of aromatic amines is 1. The molecule has 0 unspecified atom stereocenters. The van der Waals surface area contributed by atoms with Crippen LogP contribution in [-0.4, -0.2) is 26.1 Å². The first-order valence-electron chi connectivity index (χ1n) is 8.92. The van der Waals surface area contributed by atoms with Gasteiger partial charge in [0.2, 0.25) is 0 Å². The Balaban J connectivity index is 1.82. The van der Waals surface area contributed by atoms with Crippen molar-refractivity contribution in [2.75, 3.05) is 5.32 Å². The van der Waals surface area contributed by atoms with Crippen LogP contribution in [0.3, 0.4) is 0 Å². The van der Waals surface area contributed by atoms with Crippen LogP contribution in [0, 0.1) is 6.92 Å². The van der Waals surface area contributed by atoms with E-state index in [-0.39, 0.29) is 17.2 Å². The summed E-state index contributed by atoms with van der Waals surface area (Å²) in [4.78, 5) is 31.7. The molecule has 0 bridgehead atoms. The van der Waals surface area contributed by atoms with Gasteiger partial charge in [-0.15, -0.1) is 18.3 Å². The first-order chi connectivity index (χ1) is 14.7. The lowest BCUT2D eigenvalue weighted by Crippen LogP contribution is -2.23. The van der Waals surface area contributed by atoms with Gasteiger partial charge in [-0.1, -0.05) is 18.2 Å². The van der Waals surface area contributed by atoms with Crippen LogP contribution in [-0.2, 0) is 0 Å². The first-order valence-corrected chi connectivity index (χ1v) is 8.92. The van der Waals surface area contributed by atoms with E-state index in [0.29, 0.717) is 16.6 Å². The highest BCUT2D eigenvalue weighted by atomic mass is 19.4. The number of ether oxygens (including phenoxy) is 1. The van der Waals surface area contributed by atoms with E-state index in [1.807, 2.05) is 0 Å².